The topological polar surface area (TPSA) is 9.23 Å². The van der Waals surface area contributed by atoms with Crippen LogP contribution in [0, 0.1) is 0 Å². The molecular formula is C16H8Br10O. The van der Waals surface area contributed by atoms with E-state index in [4.69, 9.17) is 4.74 Å². The van der Waals surface area contributed by atoms with Crippen molar-refractivity contribution in [2.45, 2.75) is 12.8 Å². The summed E-state index contributed by atoms with van der Waals surface area (Å²) in [6, 6.07) is 0. The Morgan fingerprint density at radius 2 is 0.593 bits per heavy atom. The van der Waals surface area contributed by atoms with Gasteiger partial charge in [0.05, 0.1) is 13.2 Å². The molecule has 0 aromatic heterocycles. The van der Waals surface area contributed by atoms with Crippen molar-refractivity contribution in [2.75, 3.05) is 13.2 Å². The molecule has 0 aliphatic rings. The number of rotatable bonds is 6. The summed E-state index contributed by atoms with van der Waals surface area (Å²) in [4.78, 5) is 0. The predicted octanol–water partition coefficient (Wildman–Crippen LogP) is 11.1. The molecule has 0 N–H and O–H groups in total. The molecule has 0 aliphatic heterocycles. The molecule has 27 heavy (non-hydrogen) atoms. The zero-order chi connectivity index (χ0) is 20.5. The van der Waals surface area contributed by atoms with Gasteiger partial charge in [0.15, 0.2) is 0 Å². The summed E-state index contributed by atoms with van der Waals surface area (Å²) in [6.07, 6.45) is 1.56. The second-order valence-electron chi connectivity index (χ2n) is 5.21. The van der Waals surface area contributed by atoms with Crippen LogP contribution in [0.15, 0.2) is 44.7 Å². The number of hydrogen-bond donors (Lipinski definition) is 0. The van der Waals surface area contributed by atoms with E-state index >= 15 is 0 Å². The SMILES string of the molecule is Brc1c(Br)c(Br)c(CCOCCc2c(Br)c(Br)c(Br)c(Br)c2Br)c(Br)c1Br. The van der Waals surface area contributed by atoms with E-state index in [2.05, 4.69) is 159 Å². The molecule has 0 fully saturated rings. The van der Waals surface area contributed by atoms with E-state index in [0.29, 0.717) is 13.2 Å². The summed E-state index contributed by atoms with van der Waals surface area (Å²) in [5.41, 5.74) is 2.29. The van der Waals surface area contributed by atoms with Crippen LogP contribution in [0.2, 0.25) is 0 Å². The highest BCUT2D eigenvalue weighted by molar-refractivity contribution is 9.16. The normalized spacial score (nSPS) is 11.3. The number of ether oxygens (including phenoxy) is 1. The molecule has 148 valence electrons. The van der Waals surface area contributed by atoms with Gasteiger partial charge in [-0.25, -0.2) is 0 Å². The number of hydrogen-bond acceptors (Lipinski definition) is 1. The lowest BCUT2D eigenvalue weighted by Gasteiger charge is -2.15. The van der Waals surface area contributed by atoms with Crippen molar-refractivity contribution < 1.29 is 4.74 Å². The van der Waals surface area contributed by atoms with Crippen LogP contribution in [0.1, 0.15) is 11.1 Å². The third-order valence-electron chi connectivity index (χ3n) is 3.59. The van der Waals surface area contributed by atoms with Crippen LogP contribution in [0.4, 0.5) is 0 Å². The van der Waals surface area contributed by atoms with Gasteiger partial charge in [0.25, 0.3) is 0 Å². The molecule has 0 aliphatic carbocycles. The molecule has 0 amide bonds. The summed E-state index contributed by atoms with van der Waals surface area (Å²) in [7, 11) is 0. The smallest absolute Gasteiger partial charge is 0.0507 e. The Hall–Kier alpha value is 3.20. The number of benzene rings is 2. The predicted molar refractivity (Wildman–Crippen MR) is 148 cm³/mol. The number of halogens is 10. The lowest BCUT2D eigenvalue weighted by molar-refractivity contribution is 0.140. The first kappa shape index (κ1) is 26.5. The van der Waals surface area contributed by atoms with E-state index in [1.165, 1.54) is 0 Å². The fraction of sp³-hybridized carbons (Fsp3) is 0.250. The molecule has 2 rings (SSSR count). The van der Waals surface area contributed by atoms with Gasteiger partial charge in [-0.3, -0.25) is 0 Å². The van der Waals surface area contributed by atoms with Crippen LogP contribution >= 0.6 is 159 Å². The summed E-state index contributed by atoms with van der Waals surface area (Å²) in [5.74, 6) is 0. The summed E-state index contributed by atoms with van der Waals surface area (Å²) in [6.45, 7) is 1.23. The van der Waals surface area contributed by atoms with Crippen molar-refractivity contribution in [2.24, 2.45) is 0 Å². The minimum atomic E-state index is 0.617. The zero-order valence-electron chi connectivity index (χ0n) is 13.0. The lowest BCUT2D eigenvalue weighted by atomic mass is 10.1. The van der Waals surface area contributed by atoms with E-state index in [9.17, 15) is 0 Å². The zero-order valence-corrected chi connectivity index (χ0v) is 28.9. The molecule has 0 unspecified atom stereocenters. The summed E-state index contributed by atoms with van der Waals surface area (Å²) in [5, 5.41) is 0. The third-order valence-corrected chi connectivity index (χ3v) is 16.1. The van der Waals surface area contributed by atoms with Crippen LogP contribution in [0.25, 0.3) is 0 Å². The Morgan fingerprint density at radius 3 is 0.852 bits per heavy atom. The van der Waals surface area contributed by atoms with E-state index < -0.39 is 0 Å². The van der Waals surface area contributed by atoms with Crippen molar-refractivity contribution in [3.63, 3.8) is 0 Å². The van der Waals surface area contributed by atoms with Gasteiger partial charge < -0.3 is 4.74 Å². The van der Waals surface area contributed by atoms with Crippen LogP contribution in [0.5, 0.6) is 0 Å². The van der Waals surface area contributed by atoms with Gasteiger partial charge in [0.1, 0.15) is 0 Å². The molecular weight excluding hydrogens is 1010 g/mol. The molecule has 2 aromatic carbocycles. The lowest BCUT2D eigenvalue weighted by Crippen LogP contribution is -2.06. The van der Waals surface area contributed by atoms with E-state index in [-0.39, 0.29) is 0 Å². The average Bonchev–Trinajstić information content (AvgIpc) is 2.66. The third kappa shape index (κ3) is 6.16. The highest BCUT2D eigenvalue weighted by Crippen LogP contribution is 2.45. The molecule has 0 saturated carbocycles. The van der Waals surface area contributed by atoms with Crippen LogP contribution in [-0.4, -0.2) is 13.2 Å². The maximum Gasteiger partial charge on any atom is 0.0507 e. The largest absolute Gasteiger partial charge is 0.381 e. The highest BCUT2D eigenvalue weighted by atomic mass is 79.9. The van der Waals surface area contributed by atoms with Gasteiger partial charge in [-0.05, 0) is 183 Å². The maximum atomic E-state index is 5.91. The molecule has 1 nitrogen and oxygen atoms in total. The van der Waals surface area contributed by atoms with Gasteiger partial charge in [-0.15, -0.1) is 0 Å². The summed E-state index contributed by atoms with van der Waals surface area (Å²) >= 11 is 36.1. The van der Waals surface area contributed by atoms with E-state index in [0.717, 1.165) is 68.7 Å². The van der Waals surface area contributed by atoms with Gasteiger partial charge in [0.2, 0.25) is 0 Å². The van der Waals surface area contributed by atoms with Crippen LogP contribution in [-0.2, 0) is 17.6 Å². The molecule has 0 heterocycles. The molecule has 0 atom stereocenters. The monoisotopic (exact) mass is 1010 g/mol. The first-order valence-corrected chi connectivity index (χ1v) is 15.1. The van der Waals surface area contributed by atoms with Crippen molar-refractivity contribution in [1.82, 2.24) is 0 Å². The first-order chi connectivity index (χ1) is 12.6. The van der Waals surface area contributed by atoms with Crippen molar-refractivity contribution >= 4 is 159 Å². The van der Waals surface area contributed by atoms with Crippen LogP contribution < -0.4 is 0 Å². The van der Waals surface area contributed by atoms with Gasteiger partial charge in [-0.2, -0.15) is 0 Å². The first-order valence-electron chi connectivity index (χ1n) is 7.17. The minimum absolute atomic E-state index is 0.617. The quantitative estimate of drug-likeness (QED) is 0.159. The molecule has 0 bridgehead atoms. The molecule has 2 aromatic rings. The fourth-order valence-electron chi connectivity index (χ4n) is 2.19. The van der Waals surface area contributed by atoms with Crippen molar-refractivity contribution in [1.29, 1.82) is 0 Å². The highest BCUT2D eigenvalue weighted by Gasteiger charge is 2.19. The maximum absolute atomic E-state index is 5.91. The Bertz CT molecular complexity index is 751. The second kappa shape index (κ2) is 11.9. The fourth-order valence-corrected chi connectivity index (χ4v) is 9.24. The molecule has 0 saturated heterocycles. The van der Waals surface area contributed by atoms with Crippen LogP contribution in [0.3, 0.4) is 0 Å². The second-order valence-corrected chi connectivity index (χ2v) is 13.1. The van der Waals surface area contributed by atoms with Crippen molar-refractivity contribution in [3.8, 4) is 0 Å². The Labute approximate surface area is 242 Å². The Kier molecular flexibility index (Phi) is 11.6. The molecule has 0 radical (unpaired) electrons. The molecule has 11 heteroatoms. The average molecular weight is 1020 g/mol. The van der Waals surface area contributed by atoms with Gasteiger partial charge in [0, 0.05) is 44.7 Å². The van der Waals surface area contributed by atoms with E-state index in [1.807, 2.05) is 0 Å². The molecule has 0 spiro atoms. The Balaban J connectivity index is 2.02. The van der Waals surface area contributed by atoms with Gasteiger partial charge in [-0.1, -0.05) is 0 Å². The summed E-state index contributed by atoms with van der Waals surface area (Å²) < 4.78 is 15.8. The van der Waals surface area contributed by atoms with Gasteiger partial charge >= 0.3 is 0 Å². The Morgan fingerprint density at radius 1 is 0.370 bits per heavy atom. The van der Waals surface area contributed by atoms with Crippen molar-refractivity contribution in [3.05, 3.63) is 55.9 Å². The standard InChI is InChI=1S/C16H8Br10O/c17-7-5(8(18)12(22)15(25)11(7)21)1-3-27-4-2-6-9(19)13(23)16(26)14(24)10(6)20/h1-4H2. The minimum Gasteiger partial charge on any atom is -0.381 e. The van der Waals surface area contributed by atoms with E-state index in [1.54, 1.807) is 0 Å².